The van der Waals surface area contributed by atoms with Gasteiger partial charge in [0.15, 0.2) is 17.3 Å². The Labute approximate surface area is 222 Å². The van der Waals surface area contributed by atoms with Crippen molar-refractivity contribution in [2.45, 2.75) is 51.0 Å². The SMILES string of the molecule is CCCOc1ccc(C(=O)CCC(C)(O)c2cc3c(c(-c4ccc(F)cc4)n2)OC[C@]3(C)CN)cc1OC. The summed E-state index contributed by atoms with van der Waals surface area (Å²) in [5.74, 6) is 1.15. The molecule has 2 aromatic carbocycles. The maximum absolute atomic E-state index is 13.6. The van der Waals surface area contributed by atoms with Crippen LogP contribution in [0.4, 0.5) is 4.39 Å². The minimum atomic E-state index is -1.42. The molecule has 7 nitrogen and oxygen atoms in total. The van der Waals surface area contributed by atoms with E-state index in [1.807, 2.05) is 19.9 Å². The van der Waals surface area contributed by atoms with E-state index in [9.17, 15) is 14.3 Å². The number of hydrogen-bond acceptors (Lipinski definition) is 7. The Bertz CT molecular complexity index is 1310. The Balaban J connectivity index is 1.62. The summed E-state index contributed by atoms with van der Waals surface area (Å²) < 4.78 is 30.7. The minimum Gasteiger partial charge on any atom is -0.493 e. The molecule has 0 saturated heterocycles. The van der Waals surface area contributed by atoms with E-state index in [1.165, 1.54) is 19.2 Å². The molecule has 1 aliphatic heterocycles. The van der Waals surface area contributed by atoms with Crippen molar-refractivity contribution < 1.29 is 28.5 Å². The van der Waals surface area contributed by atoms with Crippen LogP contribution in [0.25, 0.3) is 11.3 Å². The summed E-state index contributed by atoms with van der Waals surface area (Å²) in [5, 5.41) is 11.5. The van der Waals surface area contributed by atoms with E-state index >= 15 is 0 Å². The standard InChI is InChI=1S/C30H35FN2O5/c1-5-14-37-24-11-8-20(15-25(24)36-4)23(34)12-13-30(3,35)26-16-22-28(38-18-29(22,2)17-32)27(33-26)19-6-9-21(31)10-7-19/h6-11,15-16,35H,5,12-14,17-18,32H2,1-4H3/t29-,30?/m0/s1. The average molecular weight is 523 g/mol. The van der Waals surface area contributed by atoms with Crippen molar-refractivity contribution in [1.82, 2.24) is 4.98 Å². The van der Waals surface area contributed by atoms with Crippen LogP contribution >= 0.6 is 0 Å². The molecule has 0 bridgehead atoms. The molecular weight excluding hydrogens is 487 g/mol. The van der Waals surface area contributed by atoms with Gasteiger partial charge in [0.2, 0.25) is 0 Å². The zero-order valence-electron chi connectivity index (χ0n) is 22.3. The van der Waals surface area contributed by atoms with Gasteiger partial charge >= 0.3 is 0 Å². The number of aromatic nitrogens is 1. The average Bonchev–Trinajstić information content (AvgIpc) is 3.27. The summed E-state index contributed by atoms with van der Waals surface area (Å²) in [5.41, 5.74) is 7.08. The molecule has 0 fully saturated rings. The summed E-state index contributed by atoms with van der Waals surface area (Å²) in [6, 6.07) is 12.9. The highest BCUT2D eigenvalue weighted by atomic mass is 19.1. The molecule has 0 aliphatic carbocycles. The van der Waals surface area contributed by atoms with Gasteiger partial charge in [-0.3, -0.25) is 4.79 Å². The van der Waals surface area contributed by atoms with Crippen LogP contribution in [-0.2, 0) is 11.0 Å². The summed E-state index contributed by atoms with van der Waals surface area (Å²) in [4.78, 5) is 17.8. The summed E-state index contributed by atoms with van der Waals surface area (Å²) in [6.45, 7) is 6.91. The smallest absolute Gasteiger partial charge is 0.163 e. The molecule has 1 unspecified atom stereocenters. The van der Waals surface area contributed by atoms with Gasteiger partial charge in [-0.05, 0) is 68.3 Å². The minimum absolute atomic E-state index is 0.0839. The van der Waals surface area contributed by atoms with Crippen molar-refractivity contribution in [3.63, 3.8) is 0 Å². The molecule has 0 radical (unpaired) electrons. The molecule has 0 spiro atoms. The third-order valence-electron chi connectivity index (χ3n) is 7.06. The topological polar surface area (TPSA) is 104 Å². The molecule has 0 saturated carbocycles. The summed E-state index contributed by atoms with van der Waals surface area (Å²) in [6.07, 6.45) is 1.08. The second kappa shape index (κ2) is 11.1. The van der Waals surface area contributed by atoms with E-state index in [1.54, 1.807) is 37.3 Å². The molecule has 1 aliphatic rings. The van der Waals surface area contributed by atoms with Crippen LogP contribution in [0.1, 0.15) is 61.6 Å². The van der Waals surface area contributed by atoms with E-state index in [4.69, 9.17) is 24.9 Å². The van der Waals surface area contributed by atoms with Crippen molar-refractivity contribution in [2.24, 2.45) is 5.73 Å². The van der Waals surface area contributed by atoms with E-state index in [2.05, 4.69) is 0 Å². The molecule has 2 atom stereocenters. The first-order valence-corrected chi connectivity index (χ1v) is 12.8. The third kappa shape index (κ3) is 5.51. The monoisotopic (exact) mass is 522 g/mol. The molecule has 38 heavy (non-hydrogen) atoms. The number of halogens is 1. The molecule has 2 heterocycles. The fraction of sp³-hybridized carbons (Fsp3) is 0.400. The van der Waals surface area contributed by atoms with Crippen LogP contribution in [0.5, 0.6) is 17.2 Å². The largest absolute Gasteiger partial charge is 0.493 e. The fourth-order valence-electron chi connectivity index (χ4n) is 4.49. The number of aliphatic hydroxyl groups is 1. The Morgan fingerprint density at radius 1 is 1.21 bits per heavy atom. The Hall–Kier alpha value is -3.49. The molecule has 0 amide bonds. The number of carbonyl (C=O) groups is 1. The molecule has 4 rings (SSSR count). The number of Topliss-reactive ketones (excluding diaryl/α,β-unsaturated/α-hetero) is 1. The van der Waals surface area contributed by atoms with Gasteiger partial charge in [0.1, 0.15) is 22.9 Å². The first-order chi connectivity index (χ1) is 18.1. The Morgan fingerprint density at radius 3 is 2.61 bits per heavy atom. The second-order valence-electron chi connectivity index (χ2n) is 10.2. The van der Waals surface area contributed by atoms with Crippen molar-refractivity contribution in [2.75, 3.05) is 26.9 Å². The van der Waals surface area contributed by atoms with Crippen LogP contribution in [0, 0.1) is 5.82 Å². The molecule has 8 heteroatoms. The molecule has 202 valence electrons. The third-order valence-corrected chi connectivity index (χ3v) is 7.06. The molecule has 3 aromatic rings. The van der Waals surface area contributed by atoms with Crippen LogP contribution in [0.3, 0.4) is 0 Å². The number of carbonyl (C=O) groups excluding carboxylic acids is 1. The van der Waals surface area contributed by atoms with Crippen LogP contribution < -0.4 is 19.9 Å². The van der Waals surface area contributed by atoms with Crippen molar-refractivity contribution in [1.29, 1.82) is 0 Å². The number of nitrogens with zero attached hydrogens (tertiary/aromatic N) is 1. The predicted molar refractivity (Wildman–Crippen MR) is 143 cm³/mol. The number of rotatable bonds is 11. The number of ketones is 1. The van der Waals surface area contributed by atoms with Gasteiger partial charge in [0, 0.05) is 35.1 Å². The lowest BCUT2D eigenvalue weighted by atomic mass is 9.82. The van der Waals surface area contributed by atoms with Crippen LogP contribution in [0.15, 0.2) is 48.5 Å². The summed E-state index contributed by atoms with van der Waals surface area (Å²) >= 11 is 0. The first-order valence-electron chi connectivity index (χ1n) is 12.8. The number of methoxy groups -OCH3 is 1. The maximum atomic E-state index is 13.6. The lowest BCUT2D eigenvalue weighted by Gasteiger charge is -2.26. The fourth-order valence-corrected chi connectivity index (χ4v) is 4.49. The lowest BCUT2D eigenvalue weighted by molar-refractivity contribution is 0.0396. The van der Waals surface area contributed by atoms with E-state index in [-0.39, 0.29) is 24.4 Å². The zero-order chi connectivity index (χ0) is 27.5. The van der Waals surface area contributed by atoms with Gasteiger partial charge in [-0.1, -0.05) is 13.8 Å². The quantitative estimate of drug-likeness (QED) is 0.335. The van der Waals surface area contributed by atoms with Gasteiger partial charge in [0.05, 0.1) is 26.0 Å². The Kier molecular flexibility index (Phi) is 8.04. The van der Waals surface area contributed by atoms with E-state index < -0.39 is 11.0 Å². The molecular formula is C30H35FN2O5. The van der Waals surface area contributed by atoms with Gasteiger partial charge in [0.25, 0.3) is 0 Å². The maximum Gasteiger partial charge on any atom is 0.163 e. The predicted octanol–water partition coefficient (Wildman–Crippen LogP) is 5.16. The van der Waals surface area contributed by atoms with Crippen molar-refractivity contribution in [3.05, 3.63) is 71.2 Å². The number of hydrogen-bond donors (Lipinski definition) is 2. The highest BCUT2D eigenvalue weighted by Gasteiger charge is 2.40. The summed E-state index contributed by atoms with van der Waals surface area (Å²) in [7, 11) is 1.53. The normalized spacial score (nSPS) is 17.9. The van der Waals surface area contributed by atoms with E-state index in [0.717, 1.165) is 12.0 Å². The number of nitrogens with two attached hydrogens (primary N) is 1. The zero-order valence-corrected chi connectivity index (χ0v) is 22.3. The Morgan fingerprint density at radius 2 is 1.95 bits per heavy atom. The highest BCUT2D eigenvalue weighted by molar-refractivity contribution is 5.96. The highest BCUT2D eigenvalue weighted by Crippen LogP contribution is 2.45. The van der Waals surface area contributed by atoms with Gasteiger partial charge in [-0.25, -0.2) is 9.37 Å². The van der Waals surface area contributed by atoms with Gasteiger partial charge < -0.3 is 25.1 Å². The van der Waals surface area contributed by atoms with Crippen molar-refractivity contribution >= 4 is 5.78 Å². The number of ether oxygens (including phenoxy) is 3. The number of benzene rings is 2. The van der Waals surface area contributed by atoms with Gasteiger partial charge in [-0.2, -0.15) is 0 Å². The molecule has 1 aromatic heterocycles. The van der Waals surface area contributed by atoms with Gasteiger partial charge in [-0.15, -0.1) is 0 Å². The number of fused-ring (bicyclic) bond motifs is 1. The number of pyridine rings is 1. The van der Waals surface area contributed by atoms with Crippen molar-refractivity contribution in [3.8, 4) is 28.5 Å². The second-order valence-corrected chi connectivity index (χ2v) is 10.2. The van der Waals surface area contributed by atoms with Crippen LogP contribution in [0.2, 0.25) is 0 Å². The first kappa shape index (κ1) is 27.5. The van der Waals surface area contributed by atoms with Crippen LogP contribution in [-0.4, -0.2) is 42.7 Å². The van der Waals surface area contributed by atoms with E-state index in [0.29, 0.717) is 59.5 Å². The lowest BCUT2D eigenvalue weighted by Crippen LogP contribution is -2.33. The molecule has 3 N–H and O–H groups in total.